The van der Waals surface area contributed by atoms with Gasteiger partial charge in [-0.2, -0.15) is 0 Å². The molecule has 21 heavy (non-hydrogen) atoms. The van der Waals surface area contributed by atoms with Crippen molar-refractivity contribution in [2.24, 2.45) is 0 Å². The molecule has 0 aliphatic rings. The summed E-state index contributed by atoms with van der Waals surface area (Å²) in [7, 11) is 0. The first-order chi connectivity index (χ1) is 10.3. The van der Waals surface area contributed by atoms with Crippen LogP contribution in [0, 0.1) is 0 Å². The van der Waals surface area contributed by atoms with Crippen molar-refractivity contribution in [3.63, 3.8) is 0 Å². The molecule has 1 heterocycles. The molecule has 3 heteroatoms. The van der Waals surface area contributed by atoms with Gasteiger partial charge in [0.2, 0.25) is 0 Å². The largest absolute Gasteiger partial charge is 0.459 e. The van der Waals surface area contributed by atoms with Crippen LogP contribution in [0.1, 0.15) is 21.7 Å². The van der Waals surface area contributed by atoms with E-state index in [4.69, 9.17) is 4.42 Å². The number of hydrogen-bond donors (Lipinski definition) is 1. The lowest BCUT2D eigenvalue weighted by atomic mass is 10.0. The molecule has 0 aliphatic carbocycles. The fourth-order valence-corrected chi connectivity index (χ4v) is 2.20. The molecule has 1 amide bonds. The molecule has 0 radical (unpaired) electrons. The molecule has 104 valence electrons. The summed E-state index contributed by atoms with van der Waals surface area (Å²) in [5.41, 5.74) is 3.09. The van der Waals surface area contributed by atoms with Crippen molar-refractivity contribution in [3.05, 3.63) is 89.9 Å². The molecule has 0 saturated heterocycles. The minimum atomic E-state index is -0.236. The second-order valence-corrected chi connectivity index (χ2v) is 4.75. The Morgan fingerprint density at radius 1 is 0.905 bits per heavy atom. The smallest absolute Gasteiger partial charge is 0.291 e. The lowest BCUT2D eigenvalue weighted by molar-refractivity contribution is 0.0996. The van der Waals surface area contributed by atoms with E-state index in [-0.39, 0.29) is 5.91 Å². The SMILES string of the molecule is O=C(Nc1ccccc1Cc1ccccc1)c1ccco1. The van der Waals surface area contributed by atoms with Gasteiger partial charge in [0, 0.05) is 5.69 Å². The topological polar surface area (TPSA) is 42.2 Å². The average molecular weight is 277 g/mol. The van der Waals surface area contributed by atoms with E-state index in [1.807, 2.05) is 42.5 Å². The summed E-state index contributed by atoms with van der Waals surface area (Å²) in [5.74, 6) is 0.0741. The molecule has 0 bridgehead atoms. The van der Waals surface area contributed by atoms with E-state index in [9.17, 15) is 4.79 Å². The van der Waals surface area contributed by atoms with Crippen LogP contribution < -0.4 is 5.32 Å². The third kappa shape index (κ3) is 3.20. The first-order valence-electron chi connectivity index (χ1n) is 6.79. The molecule has 1 aromatic heterocycles. The molecular weight excluding hydrogens is 262 g/mol. The van der Waals surface area contributed by atoms with Crippen molar-refractivity contribution in [1.82, 2.24) is 0 Å². The van der Waals surface area contributed by atoms with Crippen LogP contribution in [0.5, 0.6) is 0 Å². The molecule has 0 fully saturated rings. The summed E-state index contributed by atoms with van der Waals surface area (Å²) in [6, 6.07) is 21.3. The van der Waals surface area contributed by atoms with Gasteiger partial charge in [-0.1, -0.05) is 48.5 Å². The van der Waals surface area contributed by atoms with Gasteiger partial charge in [0.15, 0.2) is 5.76 Å². The number of carbonyl (C=O) groups is 1. The highest BCUT2D eigenvalue weighted by molar-refractivity contribution is 6.02. The van der Waals surface area contributed by atoms with Crippen LogP contribution in [0.4, 0.5) is 5.69 Å². The number of para-hydroxylation sites is 1. The highest BCUT2D eigenvalue weighted by Gasteiger charge is 2.11. The molecule has 1 N–H and O–H groups in total. The van der Waals surface area contributed by atoms with Crippen LogP contribution in [-0.4, -0.2) is 5.91 Å². The zero-order valence-electron chi connectivity index (χ0n) is 11.5. The number of furan rings is 1. The maximum Gasteiger partial charge on any atom is 0.291 e. The molecule has 0 atom stereocenters. The highest BCUT2D eigenvalue weighted by Crippen LogP contribution is 2.20. The number of benzene rings is 2. The van der Waals surface area contributed by atoms with E-state index >= 15 is 0 Å². The molecule has 3 rings (SSSR count). The number of rotatable bonds is 4. The number of hydrogen-bond acceptors (Lipinski definition) is 2. The zero-order valence-corrected chi connectivity index (χ0v) is 11.5. The number of carbonyl (C=O) groups excluding carboxylic acids is 1. The van der Waals surface area contributed by atoms with Crippen molar-refractivity contribution >= 4 is 11.6 Å². The van der Waals surface area contributed by atoms with E-state index in [2.05, 4.69) is 17.4 Å². The van der Waals surface area contributed by atoms with Crippen LogP contribution in [0.2, 0.25) is 0 Å². The lowest BCUT2D eigenvalue weighted by Gasteiger charge is -2.10. The number of amides is 1. The monoisotopic (exact) mass is 277 g/mol. The maximum atomic E-state index is 12.1. The summed E-state index contributed by atoms with van der Waals surface area (Å²) in [5, 5.41) is 2.90. The van der Waals surface area contributed by atoms with Gasteiger partial charge in [-0.25, -0.2) is 0 Å². The highest BCUT2D eigenvalue weighted by atomic mass is 16.3. The van der Waals surface area contributed by atoms with Crippen LogP contribution in [-0.2, 0) is 6.42 Å². The van der Waals surface area contributed by atoms with Gasteiger partial charge in [-0.3, -0.25) is 4.79 Å². The van der Waals surface area contributed by atoms with Crippen LogP contribution in [0.25, 0.3) is 0 Å². The predicted molar refractivity (Wildman–Crippen MR) is 82.4 cm³/mol. The third-order valence-electron chi connectivity index (χ3n) is 3.25. The van der Waals surface area contributed by atoms with E-state index in [1.165, 1.54) is 11.8 Å². The van der Waals surface area contributed by atoms with Gasteiger partial charge < -0.3 is 9.73 Å². The summed E-state index contributed by atoms with van der Waals surface area (Å²) >= 11 is 0. The molecular formula is C18H15NO2. The Morgan fingerprint density at radius 3 is 2.43 bits per heavy atom. The average Bonchev–Trinajstić information content (AvgIpc) is 3.05. The molecule has 2 aromatic carbocycles. The van der Waals surface area contributed by atoms with Gasteiger partial charge in [-0.05, 0) is 35.7 Å². The van der Waals surface area contributed by atoms with Crippen molar-refractivity contribution < 1.29 is 9.21 Å². The van der Waals surface area contributed by atoms with Gasteiger partial charge in [0.1, 0.15) is 0 Å². The molecule has 3 nitrogen and oxygen atoms in total. The van der Waals surface area contributed by atoms with Crippen molar-refractivity contribution in [1.29, 1.82) is 0 Å². The molecule has 3 aromatic rings. The Labute approximate surface area is 123 Å². The van der Waals surface area contributed by atoms with Gasteiger partial charge in [0.25, 0.3) is 5.91 Å². The Morgan fingerprint density at radius 2 is 1.67 bits per heavy atom. The van der Waals surface area contributed by atoms with Gasteiger partial charge in [0.05, 0.1) is 6.26 Å². The molecule has 0 spiro atoms. The number of nitrogens with one attached hydrogen (secondary N) is 1. The second kappa shape index (κ2) is 6.09. The third-order valence-corrected chi connectivity index (χ3v) is 3.25. The van der Waals surface area contributed by atoms with E-state index in [0.29, 0.717) is 5.76 Å². The Kier molecular flexibility index (Phi) is 3.83. The summed E-state index contributed by atoms with van der Waals surface area (Å²) in [4.78, 5) is 12.1. The first kappa shape index (κ1) is 13.2. The van der Waals surface area contributed by atoms with Crippen molar-refractivity contribution in [2.45, 2.75) is 6.42 Å². The predicted octanol–water partition coefficient (Wildman–Crippen LogP) is 4.12. The Balaban J connectivity index is 1.81. The minimum Gasteiger partial charge on any atom is -0.459 e. The summed E-state index contributed by atoms with van der Waals surface area (Å²) in [6.07, 6.45) is 2.26. The first-order valence-corrected chi connectivity index (χ1v) is 6.79. The normalized spacial score (nSPS) is 10.3. The standard InChI is InChI=1S/C18H15NO2/c20-18(17-11-6-12-21-17)19-16-10-5-4-9-15(16)13-14-7-2-1-3-8-14/h1-12H,13H2,(H,19,20). The summed E-state index contributed by atoms with van der Waals surface area (Å²) < 4.78 is 5.11. The van der Waals surface area contributed by atoms with Crippen LogP contribution in [0.15, 0.2) is 77.4 Å². The van der Waals surface area contributed by atoms with Crippen LogP contribution in [0.3, 0.4) is 0 Å². The van der Waals surface area contributed by atoms with E-state index in [0.717, 1.165) is 17.7 Å². The maximum absolute atomic E-state index is 12.1. The van der Waals surface area contributed by atoms with E-state index < -0.39 is 0 Å². The van der Waals surface area contributed by atoms with Crippen LogP contribution >= 0.6 is 0 Å². The van der Waals surface area contributed by atoms with Gasteiger partial charge >= 0.3 is 0 Å². The van der Waals surface area contributed by atoms with Gasteiger partial charge in [-0.15, -0.1) is 0 Å². The Hall–Kier alpha value is -2.81. The quantitative estimate of drug-likeness (QED) is 0.779. The fourth-order valence-electron chi connectivity index (χ4n) is 2.20. The fraction of sp³-hybridized carbons (Fsp3) is 0.0556. The van der Waals surface area contributed by atoms with Crippen molar-refractivity contribution in [3.8, 4) is 0 Å². The minimum absolute atomic E-state index is 0.236. The number of anilines is 1. The second-order valence-electron chi connectivity index (χ2n) is 4.75. The lowest BCUT2D eigenvalue weighted by Crippen LogP contribution is -2.12. The molecule has 0 saturated carbocycles. The summed E-state index contributed by atoms with van der Waals surface area (Å²) in [6.45, 7) is 0. The zero-order chi connectivity index (χ0) is 14.5. The Bertz CT molecular complexity index is 718. The molecule has 0 aliphatic heterocycles. The van der Waals surface area contributed by atoms with E-state index in [1.54, 1.807) is 12.1 Å². The molecule has 0 unspecified atom stereocenters. The van der Waals surface area contributed by atoms with Crippen molar-refractivity contribution in [2.75, 3.05) is 5.32 Å².